The number of halogens is 1. The SMILES string of the molecule is CC(C)(C)c1ccc(C2=N/C(=C\c3ccccc3Cl)C(=O)N2)cc1. The zero-order chi connectivity index (χ0) is 17.3. The third-order valence-corrected chi connectivity index (χ3v) is 4.26. The van der Waals surface area contributed by atoms with Crippen molar-refractivity contribution in [1.29, 1.82) is 0 Å². The molecule has 1 aliphatic rings. The van der Waals surface area contributed by atoms with Gasteiger partial charge >= 0.3 is 0 Å². The first-order valence-corrected chi connectivity index (χ1v) is 8.19. The number of carbonyl (C=O) groups excluding carboxylic acids is 1. The Hall–Kier alpha value is -2.39. The van der Waals surface area contributed by atoms with E-state index in [1.54, 1.807) is 12.1 Å². The van der Waals surface area contributed by atoms with E-state index < -0.39 is 0 Å². The monoisotopic (exact) mass is 338 g/mol. The topological polar surface area (TPSA) is 41.5 Å². The minimum atomic E-state index is -0.218. The van der Waals surface area contributed by atoms with Crippen molar-refractivity contribution in [3.63, 3.8) is 0 Å². The van der Waals surface area contributed by atoms with E-state index in [1.807, 2.05) is 30.3 Å². The molecule has 24 heavy (non-hydrogen) atoms. The maximum atomic E-state index is 12.2. The minimum absolute atomic E-state index is 0.0917. The van der Waals surface area contributed by atoms with Crippen LogP contribution in [0, 0.1) is 0 Å². The molecule has 1 aliphatic heterocycles. The number of hydrogen-bond donors (Lipinski definition) is 1. The van der Waals surface area contributed by atoms with Crippen LogP contribution in [0.2, 0.25) is 5.02 Å². The quantitative estimate of drug-likeness (QED) is 0.801. The molecular weight excluding hydrogens is 320 g/mol. The van der Waals surface area contributed by atoms with Gasteiger partial charge in [-0.05, 0) is 28.7 Å². The van der Waals surface area contributed by atoms with Crippen molar-refractivity contribution in [2.75, 3.05) is 0 Å². The van der Waals surface area contributed by atoms with Gasteiger partial charge in [0.25, 0.3) is 5.91 Å². The molecule has 0 aliphatic carbocycles. The fourth-order valence-electron chi connectivity index (χ4n) is 2.47. The minimum Gasteiger partial charge on any atom is -0.305 e. The number of nitrogens with zero attached hydrogens (tertiary/aromatic N) is 1. The lowest BCUT2D eigenvalue weighted by Gasteiger charge is -2.19. The summed E-state index contributed by atoms with van der Waals surface area (Å²) in [5, 5.41) is 3.41. The highest BCUT2D eigenvalue weighted by Crippen LogP contribution is 2.24. The van der Waals surface area contributed by atoms with E-state index in [4.69, 9.17) is 11.6 Å². The van der Waals surface area contributed by atoms with Crippen LogP contribution in [0.5, 0.6) is 0 Å². The van der Waals surface area contributed by atoms with Crippen molar-refractivity contribution < 1.29 is 4.79 Å². The fraction of sp³-hybridized carbons (Fsp3) is 0.200. The molecule has 0 bridgehead atoms. The molecular formula is C20H19ClN2O. The molecule has 0 spiro atoms. The molecule has 0 atom stereocenters. The molecule has 0 radical (unpaired) electrons. The molecule has 0 saturated carbocycles. The zero-order valence-electron chi connectivity index (χ0n) is 13.9. The van der Waals surface area contributed by atoms with Gasteiger partial charge < -0.3 is 5.32 Å². The van der Waals surface area contributed by atoms with Crippen LogP contribution in [0.15, 0.2) is 59.2 Å². The highest BCUT2D eigenvalue weighted by Gasteiger charge is 2.22. The first-order valence-electron chi connectivity index (χ1n) is 7.82. The second kappa shape index (κ2) is 6.25. The predicted molar refractivity (Wildman–Crippen MR) is 99.3 cm³/mol. The number of carbonyl (C=O) groups is 1. The Morgan fingerprint density at radius 3 is 2.33 bits per heavy atom. The molecule has 1 heterocycles. The Morgan fingerprint density at radius 1 is 1.04 bits per heavy atom. The molecule has 4 heteroatoms. The van der Waals surface area contributed by atoms with Crippen LogP contribution < -0.4 is 5.32 Å². The van der Waals surface area contributed by atoms with E-state index >= 15 is 0 Å². The summed E-state index contributed by atoms with van der Waals surface area (Å²) in [6.45, 7) is 6.50. The van der Waals surface area contributed by atoms with Crippen LogP contribution in [0.4, 0.5) is 0 Å². The van der Waals surface area contributed by atoms with Crippen LogP contribution in [0.25, 0.3) is 6.08 Å². The van der Waals surface area contributed by atoms with E-state index in [2.05, 4.69) is 43.2 Å². The van der Waals surface area contributed by atoms with Gasteiger partial charge in [-0.15, -0.1) is 0 Å². The number of amidine groups is 1. The van der Waals surface area contributed by atoms with Crippen LogP contribution in [-0.2, 0) is 10.2 Å². The van der Waals surface area contributed by atoms with E-state index in [-0.39, 0.29) is 11.3 Å². The second-order valence-electron chi connectivity index (χ2n) is 6.79. The summed E-state index contributed by atoms with van der Waals surface area (Å²) in [6, 6.07) is 15.5. The lowest BCUT2D eigenvalue weighted by atomic mass is 9.86. The maximum absolute atomic E-state index is 12.2. The summed E-state index contributed by atoms with van der Waals surface area (Å²) >= 11 is 6.14. The van der Waals surface area contributed by atoms with E-state index in [9.17, 15) is 4.79 Å². The summed E-state index contributed by atoms with van der Waals surface area (Å²) in [5.41, 5.74) is 3.35. The molecule has 3 rings (SSSR count). The lowest BCUT2D eigenvalue weighted by Crippen LogP contribution is -2.24. The summed E-state index contributed by atoms with van der Waals surface area (Å²) < 4.78 is 0. The number of aliphatic imine (C=N–C) groups is 1. The second-order valence-corrected chi connectivity index (χ2v) is 7.20. The highest BCUT2D eigenvalue weighted by atomic mass is 35.5. The number of rotatable bonds is 2. The smallest absolute Gasteiger partial charge is 0.275 e. The molecule has 0 aromatic heterocycles. The highest BCUT2D eigenvalue weighted by molar-refractivity contribution is 6.32. The van der Waals surface area contributed by atoms with Gasteiger partial charge in [0, 0.05) is 10.6 Å². The molecule has 0 fully saturated rings. The fourth-order valence-corrected chi connectivity index (χ4v) is 2.66. The molecule has 122 valence electrons. The third kappa shape index (κ3) is 3.41. The van der Waals surface area contributed by atoms with E-state index in [0.29, 0.717) is 16.6 Å². The summed E-state index contributed by atoms with van der Waals surface area (Å²) in [7, 11) is 0. The molecule has 2 aromatic carbocycles. The molecule has 0 saturated heterocycles. The number of nitrogens with one attached hydrogen (secondary N) is 1. The predicted octanol–water partition coefficient (Wildman–Crippen LogP) is 4.56. The number of benzene rings is 2. The van der Waals surface area contributed by atoms with E-state index in [1.165, 1.54) is 5.56 Å². The normalized spacial score (nSPS) is 16.2. The van der Waals surface area contributed by atoms with Crippen molar-refractivity contribution in [1.82, 2.24) is 5.32 Å². The van der Waals surface area contributed by atoms with Crippen molar-refractivity contribution in [3.05, 3.63) is 75.9 Å². The molecule has 2 aromatic rings. The van der Waals surface area contributed by atoms with Crippen molar-refractivity contribution in [3.8, 4) is 0 Å². The molecule has 3 nitrogen and oxygen atoms in total. The molecule has 1 N–H and O–H groups in total. The van der Waals surface area contributed by atoms with Gasteiger partial charge in [0.1, 0.15) is 11.5 Å². The Labute approximate surface area is 147 Å². The first kappa shape index (κ1) is 16.5. The van der Waals surface area contributed by atoms with Gasteiger partial charge in [-0.1, -0.05) is 74.8 Å². The van der Waals surface area contributed by atoms with Gasteiger partial charge in [-0.3, -0.25) is 4.79 Å². The summed E-state index contributed by atoms with van der Waals surface area (Å²) in [5.74, 6) is 0.351. The average molecular weight is 339 g/mol. The standard InChI is InChI=1S/C20H19ClN2O/c1-20(2,3)15-10-8-13(9-11-15)18-22-17(19(24)23-18)12-14-6-4-5-7-16(14)21/h4-12H,1-3H3,(H,22,23,24)/b17-12-. The number of hydrogen-bond acceptors (Lipinski definition) is 2. The Balaban J connectivity index is 1.91. The lowest BCUT2D eigenvalue weighted by molar-refractivity contribution is -0.115. The van der Waals surface area contributed by atoms with Gasteiger partial charge in [0.15, 0.2) is 0 Å². The van der Waals surface area contributed by atoms with Crippen LogP contribution in [-0.4, -0.2) is 11.7 Å². The molecule has 0 unspecified atom stereocenters. The van der Waals surface area contributed by atoms with Crippen molar-refractivity contribution in [2.45, 2.75) is 26.2 Å². The van der Waals surface area contributed by atoms with Gasteiger partial charge in [-0.2, -0.15) is 0 Å². The summed E-state index contributed by atoms with van der Waals surface area (Å²) in [6.07, 6.45) is 1.70. The maximum Gasteiger partial charge on any atom is 0.275 e. The largest absolute Gasteiger partial charge is 0.305 e. The van der Waals surface area contributed by atoms with Crippen LogP contribution in [0.3, 0.4) is 0 Å². The summed E-state index contributed by atoms with van der Waals surface area (Å²) in [4.78, 5) is 16.6. The third-order valence-electron chi connectivity index (χ3n) is 3.92. The number of amides is 1. The Morgan fingerprint density at radius 2 is 1.71 bits per heavy atom. The zero-order valence-corrected chi connectivity index (χ0v) is 14.7. The van der Waals surface area contributed by atoms with Gasteiger partial charge in [-0.25, -0.2) is 4.99 Å². The van der Waals surface area contributed by atoms with Gasteiger partial charge in [0.05, 0.1) is 0 Å². The van der Waals surface area contributed by atoms with Gasteiger partial charge in [0.2, 0.25) is 0 Å². The Kier molecular flexibility index (Phi) is 4.29. The van der Waals surface area contributed by atoms with Crippen molar-refractivity contribution in [2.24, 2.45) is 4.99 Å². The first-order chi connectivity index (χ1) is 11.3. The molecule has 1 amide bonds. The van der Waals surface area contributed by atoms with Crippen LogP contribution in [0.1, 0.15) is 37.5 Å². The van der Waals surface area contributed by atoms with Crippen LogP contribution >= 0.6 is 11.6 Å². The Bertz CT molecular complexity index is 843. The van der Waals surface area contributed by atoms with Crippen molar-refractivity contribution >= 4 is 29.4 Å². The average Bonchev–Trinajstić information content (AvgIpc) is 2.90. The van der Waals surface area contributed by atoms with E-state index in [0.717, 1.165) is 11.1 Å².